The van der Waals surface area contributed by atoms with Crippen LogP contribution >= 0.6 is 24.0 Å². The number of benzene rings is 1. The Morgan fingerprint density at radius 2 is 2.25 bits per heavy atom. The largest absolute Gasteiger partial charge is 0.495 e. The van der Waals surface area contributed by atoms with E-state index in [2.05, 4.69) is 15.7 Å². The Balaban J connectivity index is 0.00000208. The number of ether oxygens (including phenoxy) is 1. The average Bonchev–Trinajstić information content (AvgIpc) is 3.15. The molecule has 1 aliphatic rings. The van der Waals surface area contributed by atoms with Crippen molar-refractivity contribution >= 4 is 35.6 Å². The molecule has 0 bridgehead atoms. The molecule has 1 aliphatic heterocycles. The zero-order valence-electron chi connectivity index (χ0n) is 13.5. The van der Waals surface area contributed by atoms with Crippen molar-refractivity contribution in [2.75, 3.05) is 25.5 Å². The Labute approximate surface area is 151 Å². The number of nitrogens with one attached hydrogen (secondary N) is 2. The summed E-state index contributed by atoms with van der Waals surface area (Å²) in [4.78, 5) is 12.7. The Morgan fingerprint density at radius 3 is 2.92 bits per heavy atom. The Hall–Kier alpha value is -1.76. The van der Waals surface area contributed by atoms with Crippen LogP contribution in [-0.2, 0) is 11.8 Å². The average molecular weight is 371 g/mol. The predicted octanol–water partition coefficient (Wildman–Crippen LogP) is 2.45. The van der Waals surface area contributed by atoms with Gasteiger partial charge in [0.2, 0.25) is 5.91 Å². The van der Waals surface area contributed by atoms with E-state index in [-0.39, 0.29) is 30.2 Å². The molecule has 1 saturated heterocycles. The summed E-state index contributed by atoms with van der Waals surface area (Å²) in [7, 11) is 3.44. The third kappa shape index (κ3) is 3.83. The molecular formula is C16H20Cl2N4O2. The minimum absolute atomic E-state index is 0. The number of aryl methyl sites for hydroxylation is 1. The van der Waals surface area contributed by atoms with Crippen molar-refractivity contribution in [2.24, 2.45) is 13.0 Å². The van der Waals surface area contributed by atoms with E-state index in [4.69, 9.17) is 16.3 Å². The molecule has 1 amide bonds. The Kier molecular flexibility index (Phi) is 6.10. The predicted molar refractivity (Wildman–Crippen MR) is 96.2 cm³/mol. The van der Waals surface area contributed by atoms with Crippen LogP contribution in [-0.4, -0.2) is 35.9 Å². The fourth-order valence-electron chi connectivity index (χ4n) is 2.94. The van der Waals surface area contributed by atoms with E-state index in [0.717, 1.165) is 12.1 Å². The molecule has 1 fully saturated rings. The highest BCUT2D eigenvalue weighted by Gasteiger charge is 2.35. The van der Waals surface area contributed by atoms with Crippen molar-refractivity contribution in [1.82, 2.24) is 15.1 Å². The monoisotopic (exact) mass is 370 g/mol. The summed E-state index contributed by atoms with van der Waals surface area (Å²) in [6.45, 7) is 1.39. The number of halogens is 2. The first kappa shape index (κ1) is 18.6. The van der Waals surface area contributed by atoms with Crippen LogP contribution in [0, 0.1) is 5.92 Å². The van der Waals surface area contributed by atoms with Gasteiger partial charge >= 0.3 is 0 Å². The standard InChI is InChI=1S/C16H19ClN4O2.ClH/c1-21-9-10(6-19-21)12-7-18-8-13(12)16(22)20-14-5-11(17)3-4-15(14)23-2;/h3-6,9,12-13,18H,7-8H2,1-2H3,(H,20,22);1H/t12-,13+;/m1./s1. The molecule has 24 heavy (non-hydrogen) atoms. The van der Waals surface area contributed by atoms with E-state index >= 15 is 0 Å². The minimum atomic E-state index is -0.164. The lowest BCUT2D eigenvalue weighted by Gasteiger charge is -2.18. The number of methoxy groups -OCH3 is 1. The molecule has 3 rings (SSSR count). The SMILES string of the molecule is COc1ccc(Cl)cc1NC(=O)[C@H]1CNC[C@@H]1c1cnn(C)c1.Cl. The molecule has 1 aromatic heterocycles. The van der Waals surface area contributed by atoms with E-state index in [1.165, 1.54) is 0 Å². The molecule has 2 aromatic rings. The number of anilines is 1. The van der Waals surface area contributed by atoms with Gasteiger partial charge in [0.05, 0.1) is 24.9 Å². The summed E-state index contributed by atoms with van der Waals surface area (Å²) in [6.07, 6.45) is 3.77. The van der Waals surface area contributed by atoms with E-state index in [1.807, 2.05) is 19.4 Å². The topological polar surface area (TPSA) is 68.2 Å². The number of hydrogen-bond donors (Lipinski definition) is 2. The molecular weight excluding hydrogens is 351 g/mol. The fraction of sp³-hybridized carbons (Fsp3) is 0.375. The van der Waals surface area contributed by atoms with Crippen LogP contribution in [0.3, 0.4) is 0 Å². The van der Waals surface area contributed by atoms with Crippen molar-refractivity contribution in [3.63, 3.8) is 0 Å². The zero-order chi connectivity index (χ0) is 16.4. The number of carbonyl (C=O) groups is 1. The van der Waals surface area contributed by atoms with Gasteiger partial charge in [-0.3, -0.25) is 9.48 Å². The fourth-order valence-corrected chi connectivity index (χ4v) is 3.11. The molecule has 8 heteroatoms. The summed E-state index contributed by atoms with van der Waals surface area (Å²) >= 11 is 6.01. The maximum Gasteiger partial charge on any atom is 0.229 e. The molecule has 2 N–H and O–H groups in total. The second kappa shape index (κ2) is 7.88. The third-order valence-electron chi connectivity index (χ3n) is 4.12. The first-order valence-corrected chi connectivity index (χ1v) is 7.80. The van der Waals surface area contributed by atoms with Gasteiger partial charge in [-0.15, -0.1) is 12.4 Å². The molecule has 0 spiro atoms. The first-order valence-electron chi connectivity index (χ1n) is 7.42. The normalized spacial score (nSPS) is 19.6. The van der Waals surface area contributed by atoms with Crippen molar-refractivity contribution in [2.45, 2.75) is 5.92 Å². The first-order chi connectivity index (χ1) is 11.1. The maximum absolute atomic E-state index is 12.7. The van der Waals surface area contributed by atoms with Crippen molar-refractivity contribution in [3.8, 4) is 5.75 Å². The van der Waals surface area contributed by atoms with Crippen LogP contribution < -0.4 is 15.4 Å². The van der Waals surface area contributed by atoms with Crippen LogP contribution in [0.5, 0.6) is 5.75 Å². The van der Waals surface area contributed by atoms with Crippen molar-refractivity contribution in [1.29, 1.82) is 0 Å². The summed E-state index contributed by atoms with van der Waals surface area (Å²) in [5.41, 5.74) is 1.65. The zero-order valence-corrected chi connectivity index (χ0v) is 15.0. The molecule has 0 radical (unpaired) electrons. The van der Waals surface area contributed by atoms with Crippen LogP contribution in [0.1, 0.15) is 11.5 Å². The van der Waals surface area contributed by atoms with Crippen molar-refractivity contribution < 1.29 is 9.53 Å². The second-order valence-electron chi connectivity index (χ2n) is 5.65. The number of rotatable bonds is 4. The van der Waals surface area contributed by atoms with Gasteiger partial charge in [-0.25, -0.2) is 0 Å². The molecule has 0 aliphatic carbocycles. The van der Waals surface area contributed by atoms with Gasteiger partial charge in [0, 0.05) is 37.3 Å². The summed E-state index contributed by atoms with van der Waals surface area (Å²) in [5, 5.41) is 11.0. The van der Waals surface area contributed by atoms with Crippen LogP contribution in [0.25, 0.3) is 0 Å². The molecule has 130 valence electrons. The third-order valence-corrected chi connectivity index (χ3v) is 4.36. The van der Waals surface area contributed by atoms with Gasteiger partial charge in [-0.2, -0.15) is 5.10 Å². The smallest absolute Gasteiger partial charge is 0.229 e. The number of carbonyl (C=O) groups excluding carboxylic acids is 1. The van der Waals surface area contributed by atoms with Crippen LogP contribution in [0.4, 0.5) is 5.69 Å². The van der Waals surface area contributed by atoms with Gasteiger partial charge in [0.15, 0.2) is 0 Å². The van der Waals surface area contributed by atoms with E-state index < -0.39 is 0 Å². The lowest BCUT2D eigenvalue weighted by molar-refractivity contribution is -0.119. The van der Waals surface area contributed by atoms with Gasteiger partial charge in [-0.1, -0.05) is 11.6 Å². The molecule has 0 unspecified atom stereocenters. The highest BCUT2D eigenvalue weighted by Crippen LogP contribution is 2.32. The molecule has 2 atom stereocenters. The Bertz CT molecular complexity index is 720. The van der Waals surface area contributed by atoms with Gasteiger partial charge in [0.1, 0.15) is 5.75 Å². The molecule has 6 nitrogen and oxygen atoms in total. The minimum Gasteiger partial charge on any atom is -0.495 e. The molecule has 2 heterocycles. The number of nitrogens with zero attached hydrogens (tertiary/aromatic N) is 2. The molecule has 0 saturated carbocycles. The second-order valence-corrected chi connectivity index (χ2v) is 6.09. The number of aromatic nitrogens is 2. The maximum atomic E-state index is 12.7. The highest BCUT2D eigenvalue weighted by atomic mass is 35.5. The molecule has 1 aromatic carbocycles. The van der Waals surface area contributed by atoms with E-state index in [1.54, 1.807) is 30.0 Å². The lowest BCUT2D eigenvalue weighted by Crippen LogP contribution is -2.28. The van der Waals surface area contributed by atoms with Gasteiger partial charge < -0.3 is 15.4 Å². The summed E-state index contributed by atoms with van der Waals surface area (Å²) in [6, 6.07) is 5.16. The lowest BCUT2D eigenvalue weighted by atomic mass is 9.90. The van der Waals surface area contributed by atoms with E-state index in [9.17, 15) is 4.79 Å². The van der Waals surface area contributed by atoms with Crippen LogP contribution in [0.15, 0.2) is 30.6 Å². The Morgan fingerprint density at radius 1 is 1.46 bits per heavy atom. The van der Waals surface area contributed by atoms with Crippen LogP contribution in [0.2, 0.25) is 5.02 Å². The van der Waals surface area contributed by atoms with Gasteiger partial charge in [0.25, 0.3) is 0 Å². The van der Waals surface area contributed by atoms with E-state index in [0.29, 0.717) is 23.0 Å². The highest BCUT2D eigenvalue weighted by molar-refractivity contribution is 6.31. The van der Waals surface area contributed by atoms with Crippen molar-refractivity contribution in [3.05, 3.63) is 41.2 Å². The number of hydrogen-bond acceptors (Lipinski definition) is 4. The number of amides is 1. The summed E-state index contributed by atoms with van der Waals surface area (Å²) < 4.78 is 7.03. The van der Waals surface area contributed by atoms with Gasteiger partial charge in [-0.05, 0) is 23.8 Å². The summed E-state index contributed by atoms with van der Waals surface area (Å²) in [5.74, 6) is 0.479. The quantitative estimate of drug-likeness (QED) is 0.867.